The molecule has 0 amide bonds. The van der Waals surface area contributed by atoms with E-state index in [2.05, 4.69) is 35.8 Å². The van der Waals surface area contributed by atoms with Crippen LogP contribution in [0.3, 0.4) is 0 Å². The van der Waals surface area contributed by atoms with E-state index in [0.717, 1.165) is 18.3 Å². The van der Waals surface area contributed by atoms with Crippen molar-refractivity contribution in [3.63, 3.8) is 0 Å². The van der Waals surface area contributed by atoms with Gasteiger partial charge in [-0.15, -0.1) is 0 Å². The number of halogens is 3. The van der Waals surface area contributed by atoms with Gasteiger partial charge in [0.25, 0.3) is 0 Å². The molecule has 0 bridgehead atoms. The van der Waals surface area contributed by atoms with E-state index in [0.29, 0.717) is 10.6 Å². The summed E-state index contributed by atoms with van der Waals surface area (Å²) in [6.45, 7) is 12.8. The molecule has 4 nitrogen and oxygen atoms in total. The molecular weight excluding hydrogens is 387 g/mol. The normalized spacial score (nSPS) is 14.3. The number of carbonyl (C=O) groups excluding carboxylic acids is 1. The zero-order valence-corrected chi connectivity index (χ0v) is 18.8. The lowest BCUT2D eigenvalue weighted by Gasteiger charge is -2.26. The largest absolute Gasteiger partial charge is 0.417 e. The summed E-state index contributed by atoms with van der Waals surface area (Å²) in [5.41, 5.74) is -0.735. The number of nitrogens with zero attached hydrogens (tertiary/aromatic N) is 1. The zero-order chi connectivity index (χ0) is 22.2. The van der Waals surface area contributed by atoms with Gasteiger partial charge in [0.2, 0.25) is 0 Å². The molecule has 0 atom stereocenters. The predicted octanol–water partition coefficient (Wildman–Crippen LogP) is 6.34. The Labute approximate surface area is 172 Å². The maximum atomic E-state index is 12.0. The van der Waals surface area contributed by atoms with E-state index < -0.39 is 11.7 Å². The number of alkyl halides is 3. The Hall–Kier alpha value is -1.28. The van der Waals surface area contributed by atoms with E-state index >= 15 is 0 Å². The van der Waals surface area contributed by atoms with Gasteiger partial charge in [0.15, 0.2) is 0 Å². The van der Waals surface area contributed by atoms with Crippen molar-refractivity contribution in [2.24, 2.45) is 0 Å². The third-order valence-corrected chi connectivity index (χ3v) is 4.55. The van der Waals surface area contributed by atoms with Crippen molar-refractivity contribution < 1.29 is 18.0 Å². The molecule has 0 aromatic carbocycles. The zero-order valence-electron chi connectivity index (χ0n) is 17.9. The number of pyridine rings is 1. The van der Waals surface area contributed by atoms with Crippen LogP contribution in [-0.4, -0.2) is 29.6 Å². The minimum absolute atomic E-state index is 0.359. The van der Waals surface area contributed by atoms with Gasteiger partial charge in [0.05, 0.1) is 5.56 Å². The first-order valence-electron chi connectivity index (χ1n) is 9.55. The number of anilines is 1. The molecule has 1 aromatic rings. The van der Waals surface area contributed by atoms with Gasteiger partial charge >= 0.3 is 6.18 Å². The van der Waals surface area contributed by atoms with Crippen molar-refractivity contribution in [1.82, 2.24) is 9.71 Å². The Morgan fingerprint density at radius 3 is 1.96 bits per heavy atom. The lowest BCUT2D eigenvalue weighted by Crippen LogP contribution is -2.29. The van der Waals surface area contributed by atoms with E-state index in [1.807, 2.05) is 32.6 Å². The van der Waals surface area contributed by atoms with Crippen molar-refractivity contribution in [2.75, 3.05) is 12.4 Å². The second-order valence-corrected chi connectivity index (χ2v) is 8.51. The molecule has 0 unspecified atom stereocenters. The molecule has 0 spiro atoms. The summed E-state index contributed by atoms with van der Waals surface area (Å²) < 4.78 is 39.8. The Morgan fingerprint density at radius 2 is 1.61 bits per heavy atom. The third kappa shape index (κ3) is 14.7. The minimum atomic E-state index is -4.31. The fourth-order valence-electron chi connectivity index (χ4n) is 2.19. The maximum absolute atomic E-state index is 12.0. The Bertz CT molecular complexity index is 485. The molecule has 164 valence electrons. The number of aromatic nitrogens is 1. The fraction of sp³-hybridized carbons (Fsp3) is 0.700. The topological polar surface area (TPSA) is 54.0 Å². The first-order valence-corrected chi connectivity index (χ1v) is 10.4. The van der Waals surface area contributed by atoms with Crippen molar-refractivity contribution >= 4 is 24.6 Å². The summed E-state index contributed by atoms with van der Waals surface area (Å²) >= 11 is 1.89. The molecule has 0 aliphatic heterocycles. The molecule has 1 aliphatic rings. The Kier molecular flexibility index (Phi) is 16.1. The van der Waals surface area contributed by atoms with E-state index in [9.17, 15) is 13.2 Å². The minimum Gasteiger partial charge on any atom is -0.373 e. The Morgan fingerprint density at radius 1 is 1.07 bits per heavy atom. The molecule has 8 heteroatoms. The van der Waals surface area contributed by atoms with Gasteiger partial charge in [0.1, 0.15) is 12.6 Å². The molecule has 1 aliphatic carbocycles. The van der Waals surface area contributed by atoms with Gasteiger partial charge in [0, 0.05) is 24.0 Å². The number of nitrogens with one attached hydrogen (secondary N) is 2. The monoisotopic (exact) mass is 423 g/mol. The van der Waals surface area contributed by atoms with Crippen molar-refractivity contribution in [3.8, 4) is 0 Å². The van der Waals surface area contributed by atoms with Crippen LogP contribution < -0.4 is 10.0 Å². The smallest absolute Gasteiger partial charge is 0.373 e. The van der Waals surface area contributed by atoms with Gasteiger partial charge in [-0.25, -0.2) is 4.98 Å². The van der Waals surface area contributed by atoms with Crippen molar-refractivity contribution in [1.29, 1.82) is 0 Å². The standard InChI is InChI=1S/C10H21NS.C7H7F3N2.C2H6.CH2O/c1-10(2,3)12-11-9-7-5-4-6-8-9;1-11-6-3-2-5(4-12-6)7(8,9)10;2*1-2/h9,11H,4-8H2,1-3H3;2-4H,1H3,(H,11,12);1-2H3;1H2. The van der Waals surface area contributed by atoms with Gasteiger partial charge in [-0.1, -0.05) is 45.1 Å². The predicted molar refractivity (Wildman–Crippen MR) is 115 cm³/mol. The van der Waals surface area contributed by atoms with Crippen LogP contribution in [0, 0.1) is 0 Å². The molecular formula is C20H36F3N3OS. The first-order chi connectivity index (χ1) is 13.1. The van der Waals surface area contributed by atoms with E-state index in [1.54, 1.807) is 7.05 Å². The average molecular weight is 424 g/mol. The molecule has 28 heavy (non-hydrogen) atoms. The molecule has 1 fully saturated rings. The van der Waals surface area contributed by atoms with Crippen LogP contribution >= 0.6 is 11.9 Å². The SMILES string of the molecule is C=O.CC.CC(C)(C)SNC1CCCCC1.CNc1ccc(C(F)(F)F)cn1. The molecule has 2 rings (SSSR count). The van der Waals surface area contributed by atoms with Gasteiger partial charge in [-0.05, 0) is 45.7 Å². The quantitative estimate of drug-likeness (QED) is 0.556. The summed E-state index contributed by atoms with van der Waals surface area (Å²) in [4.78, 5) is 11.5. The number of hydrogen-bond donors (Lipinski definition) is 2. The van der Waals surface area contributed by atoms with Crippen LogP contribution in [0.15, 0.2) is 18.3 Å². The molecule has 2 N–H and O–H groups in total. The number of hydrogen-bond acceptors (Lipinski definition) is 5. The van der Waals surface area contributed by atoms with Gasteiger partial charge in [-0.3, -0.25) is 4.72 Å². The molecule has 1 heterocycles. The summed E-state index contributed by atoms with van der Waals surface area (Å²) in [5.74, 6) is 0.419. The molecule has 1 aromatic heterocycles. The summed E-state index contributed by atoms with van der Waals surface area (Å²) in [7, 11) is 1.59. The average Bonchev–Trinajstić information content (AvgIpc) is 2.70. The number of rotatable bonds is 3. The molecule has 0 radical (unpaired) electrons. The van der Waals surface area contributed by atoms with Crippen LogP contribution in [0.2, 0.25) is 0 Å². The second kappa shape index (κ2) is 15.6. The van der Waals surface area contributed by atoms with Crippen LogP contribution in [-0.2, 0) is 11.0 Å². The summed E-state index contributed by atoms with van der Waals surface area (Å²) in [6.07, 6.45) is 3.53. The highest BCUT2D eigenvalue weighted by molar-refractivity contribution is 7.98. The number of carbonyl (C=O) groups is 1. The molecule has 0 saturated heterocycles. The fourth-order valence-corrected chi connectivity index (χ4v) is 2.95. The highest BCUT2D eigenvalue weighted by atomic mass is 32.2. The highest BCUT2D eigenvalue weighted by Gasteiger charge is 2.30. The first kappa shape index (κ1) is 28.9. The van der Waals surface area contributed by atoms with E-state index in [1.165, 1.54) is 38.2 Å². The van der Waals surface area contributed by atoms with Crippen LogP contribution in [0.5, 0.6) is 0 Å². The summed E-state index contributed by atoms with van der Waals surface area (Å²) in [6, 6.07) is 3.05. The van der Waals surface area contributed by atoms with Gasteiger partial charge < -0.3 is 10.1 Å². The summed E-state index contributed by atoms with van der Waals surface area (Å²) in [5, 5.41) is 2.63. The lowest BCUT2D eigenvalue weighted by atomic mass is 9.96. The van der Waals surface area contributed by atoms with Crippen LogP contribution in [0.1, 0.15) is 72.3 Å². The van der Waals surface area contributed by atoms with Crippen molar-refractivity contribution in [3.05, 3.63) is 23.9 Å². The maximum Gasteiger partial charge on any atom is 0.417 e. The Balaban J connectivity index is 0. The highest BCUT2D eigenvalue weighted by Crippen LogP contribution is 2.28. The van der Waals surface area contributed by atoms with E-state index in [-0.39, 0.29) is 0 Å². The molecule has 1 saturated carbocycles. The van der Waals surface area contributed by atoms with Gasteiger partial charge in [-0.2, -0.15) is 13.2 Å². The van der Waals surface area contributed by atoms with Crippen LogP contribution in [0.4, 0.5) is 19.0 Å². The van der Waals surface area contributed by atoms with Crippen LogP contribution in [0.25, 0.3) is 0 Å². The lowest BCUT2D eigenvalue weighted by molar-refractivity contribution is -0.137. The second-order valence-electron chi connectivity index (χ2n) is 6.85. The third-order valence-electron chi connectivity index (χ3n) is 3.48. The van der Waals surface area contributed by atoms with Crippen molar-refractivity contribution in [2.45, 2.75) is 83.7 Å². The van der Waals surface area contributed by atoms with E-state index in [4.69, 9.17) is 4.79 Å².